The Kier molecular flexibility index (Phi) is 3.89. The summed E-state index contributed by atoms with van der Waals surface area (Å²) in [7, 11) is 0. The van der Waals surface area contributed by atoms with Gasteiger partial charge in [-0.1, -0.05) is 37.5 Å². The molecule has 0 radical (unpaired) electrons. The molecule has 1 aliphatic rings. The third kappa shape index (κ3) is 3.20. The van der Waals surface area contributed by atoms with E-state index >= 15 is 0 Å². The second-order valence-electron chi connectivity index (χ2n) is 5.22. The Bertz CT molecular complexity index is 502. The van der Waals surface area contributed by atoms with E-state index in [1.54, 1.807) is 4.80 Å². The molecule has 1 fully saturated rings. The van der Waals surface area contributed by atoms with Gasteiger partial charge in [-0.15, -0.1) is 0 Å². The quantitative estimate of drug-likeness (QED) is 0.808. The summed E-state index contributed by atoms with van der Waals surface area (Å²) in [6.45, 7) is 1.89. The average molecular weight is 256 g/mol. The van der Waals surface area contributed by atoms with Crippen LogP contribution in [-0.4, -0.2) is 21.5 Å². The lowest BCUT2D eigenvalue weighted by atomic mass is 9.83. The minimum Gasteiger partial charge on any atom is -0.311 e. The molecule has 1 aliphatic carbocycles. The van der Waals surface area contributed by atoms with E-state index < -0.39 is 0 Å². The summed E-state index contributed by atoms with van der Waals surface area (Å²) in [6, 6.07) is 10.0. The minimum absolute atomic E-state index is 0.805. The monoisotopic (exact) mass is 256 g/mol. The molecule has 0 aliphatic heterocycles. The van der Waals surface area contributed by atoms with Gasteiger partial charge in [0.1, 0.15) is 0 Å². The SMILES string of the molecule is c1ccc(-n2ncc(CNCCC3CCC3)n2)cc1. The summed E-state index contributed by atoms with van der Waals surface area (Å²) in [4.78, 5) is 1.68. The number of nitrogens with zero attached hydrogens (tertiary/aromatic N) is 3. The number of aromatic nitrogens is 3. The average Bonchev–Trinajstić information content (AvgIpc) is 2.86. The van der Waals surface area contributed by atoms with Crippen LogP contribution in [0.25, 0.3) is 5.69 Å². The van der Waals surface area contributed by atoms with Crippen LogP contribution in [0.5, 0.6) is 0 Å². The van der Waals surface area contributed by atoms with Crippen molar-refractivity contribution in [2.24, 2.45) is 5.92 Å². The van der Waals surface area contributed by atoms with Gasteiger partial charge >= 0.3 is 0 Å². The Labute approximate surface area is 113 Å². The number of rotatable bonds is 6. The lowest BCUT2D eigenvalue weighted by Crippen LogP contribution is -2.21. The predicted molar refractivity (Wildman–Crippen MR) is 75.0 cm³/mol. The summed E-state index contributed by atoms with van der Waals surface area (Å²) in [5.41, 5.74) is 2.00. The van der Waals surface area contributed by atoms with Crippen LogP contribution in [0.4, 0.5) is 0 Å². The Balaban J connectivity index is 1.48. The fraction of sp³-hybridized carbons (Fsp3) is 0.467. The first-order valence-corrected chi connectivity index (χ1v) is 7.09. The molecule has 0 spiro atoms. The molecule has 0 saturated heterocycles. The number of para-hydroxylation sites is 1. The summed E-state index contributed by atoms with van der Waals surface area (Å²) in [6.07, 6.45) is 7.41. The molecule has 100 valence electrons. The van der Waals surface area contributed by atoms with Crippen molar-refractivity contribution in [3.63, 3.8) is 0 Å². The van der Waals surface area contributed by atoms with E-state index in [1.807, 2.05) is 36.5 Å². The summed E-state index contributed by atoms with van der Waals surface area (Å²) in [5, 5.41) is 12.2. The molecule has 1 N–H and O–H groups in total. The lowest BCUT2D eigenvalue weighted by molar-refractivity contribution is 0.292. The normalized spacial score (nSPS) is 15.4. The van der Waals surface area contributed by atoms with Crippen LogP contribution < -0.4 is 5.32 Å². The molecule has 0 amide bonds. The first-order chi connectivity index (χ1) is 9.42. The van der Waals surface area contributed by atoms with Crippen molar-refractivity contribution in [2.75, 3.05) is 6.54 Å². The highest BCUT2D eigenvalue weighted by Gasteiger charge is 2.16. The van der Waals surface area contributed by atoms with E-state index in [0.717, 1.165) is 30.4 Å². The van der Waals surface area contributed by atoms with Gasteiger partial charge in [-0.25, -0.2) is 0 Å². The maximum Gasteiger partial charge on any atom is 0.0969 e. The topological polar surface area (TPSA) is 42.7 Å². The molecule has 3 rings (SSSR count). The minimum atomic E-state index is 0.805. The zero-order chi connectivity index (χ0) is 12.9. The molecule has 4 nitrogen and oxygen atoms in total. The molecule has 4 heteroatoms. The highest BCUT2D eigenvalue weighted by atomic mass is 15.5. The number of hydrogen-bond acceptors (Lipinski definition) is 3. The van der Waals surface area contributed by atoms with Gasteiger partial charge < -0.3 is 5.32 Å². The largest absolute Gasteiger partial charge is 0.311 e. The number of nitrogens with one attached hydrogen (secondary N) is 1. The van der Waals surface area contributed by atoms with E-state index in [-0.39, 0.29) is 0 Å². The van der Waals surface area contributed by atoms with Crippen molar-refractivity contribution in [1.29, 1.82) is 0 Å². The molecule has 19 heavy (non-hydrogen) atoms. The number of hydrogen-bond donors (Lipinski definition) is 1. The van der Waals surface area contributed by atoms with E-state index in [4.69, 9.17) is 0 Å². The molecule has 0 bridgehead atoms. The van der Waals surface area contributed by atoms with Crippen LogP contribution in [-0.2, 0) is 6.54 Å². The van der Waals surface area contributed by atoms with Gasteiger partial charge in [0, 0.05) is 6.54 Å². The summed E-state index contributed by atoms with van der Waals surface area (Å²) in [5.74, 6) is 0.965. The van der Waals surface area contributed by atoms with Gasteiger partial charge in [0.2, 0.25) is 0 Å². The lowest BCUT2D eigenvalue weighted by Gasteiger charge is -2.25. The van der Waals surface area contributed by atoms with Crippen LogP contribution >= 0.6 is 0 Å². The molecule has 1 saturated carbocycles. The first kappa shape index (κ1) is 12.4. The molecule has 1 aromatic heterocycles. The predicted octanol–water partition coefficient (Wildman–Crippen LogP) is 2.55. The fourth-order valence-corrected chi connectivity index (χ4v) is 2.37. The Morgan fingerprint density at radius 2 is 2.05 bits per heavy atom. The van der Waals surface area contributed by atoms with Crippen molar-refractivity contribution in [2.45, 2.75) is 32.2 Å². The molecule has 1 aromatic carbocycles. The van der Waals surface area contributed by atoms with E-state index in [1.165, 1.54) is 25.7 Å². The maximum absolute atomic E-state index is 4.47. The van der Waals surface area contributed by atoms with Gasteiger partial charge in [-0.05, 0) is 31.0 Å². The van der Waals surface area contributed by atoms with Gasteiger partial charge in [0.15, 0.2) is 0 Å². The third-order valence-corrected chi connectivity index (χ3v) is 3.79. The van der Waals surface area contributed by atoms with Crippen LogP contribution in [0, 0.1) is 5.92 Å². The third-order valence-electron chi connectivity index (χ3n) is 3.79. The summed E-state index contributed by atoms with van der Waals surface area (Å²) >= 11 is 0. The summed E-state index contributed by atoms with van der Waals surface area (Å²) < 4.78 is 0. The van der Waals surface area contributed by atoms with Crippen molar-refractivity contribution in [1.82, 2.24) is 20.3 Å². The second-order valence-corrected chi connectivity index (χ2v) is 5.22. The van der Waals surface area contributed by atoms with Crippen molar-refractivity contribution < 1.29 is 0 Å². The highest BCUT2D eigenvalue weighted by Crippen LogP contribution is 2.28. The molecule has 2 aromatic rings. The van der Waals surface area contributed by atoms with Gasteiger partial charge in [0.25, 0.3) is 0 Å². The molecule has 1 heterocycles. The molecular weight excluding hydrogens is 236 g/mol. The van der Waals surface area contributed by atoms with Crippen molar-refractivity contribution in [3.05, 3.63) is 42.2 Å². The first-order valence-electron chi connectivity index (χ1n) is 7.09. The fourth-order valence-electron chi connectivity index (χ4n) is 2.37. The maximum atomic E-state index is 4.47. The second kappa shape index (κ2) is 5.97. The Morgan fingerprint density at radius 1 is 1.21 bits per heavy atom. The number of benzene rings is 1. The van der Waals surface area contributed by atoms with Crippen LogP contribution in [0.15, 0.2) is 36.5 Å². The van der Waals surface area contributed by atoms with Crippen LogP contribution in [0.1, 0.15) is 31.4 Å². The Hall–Kier alpha value is -1.68. The van der Waals surface area contributed by atoms with E-state index in [2.05, 4.69) is 15.5 Å². The van der Waals surface area contributed by atoms with Crippen LogP contribution in [0.3, 0.4) is 0 Å². The molecule has 0 unspecified atom stereocenters. The zero-order valence-electron chi connectivity index (χ0n) is 11.1. The van der Waals surface area contributed by atoms with Gasteiger partial charge in [0.05, 0.1) is 17.6 Å². The van der Waals surface area contributed by atoms with Gasteiger partial charge in [-0.2, -0.15) is 15.0 Å². The Morgan fingerprint density at radius 3 is 2.79 bits per heavy atom. The zero-order valence-corrected chi connectivity index (χ0v) is 11.1. The van der Waals surface area contributed by atoms with E-state index in [0.29, 0.717) is 0 Å². The molecular formula is C15H20N4. The molecule has 0 atom stereocenters. The van der Waals surface area contributed by atoms with Crippen LogP contribution in [0.2, 0.25) is 0 Å². The van der Waals surface area contributed by atoms with Gasteiger partial charge in [-0.3, -0.25) is 0 Å². The van der Waals surface area contributed by atoms with E-state index in [9.17, 15) is 0 Å². The van der Waals surface area contributed by atoms with Crippen molar-refractivity contribution in [3.8, 4) is 5.69 Å². The van der Waals surface area contributed by atoms with Crippen molar-refractivity contribution >= 4 is 0 Å². The standard InChI is InChI=1S/C15H20N4/c1-2-7-15(8-3-1)19-17-12-14(18-19)11-16-10-9-13-5-4-6-13/h1-3,7-8,12-13,16H,4-6,9-11H2. The highest BCUT2D eigenvalue weighted by molar-refractivity contribution is 5.28. The smallest absolute Gasteiger partial charge is 0.0969 e.